The summed E-state index contributed by atoms with van der Waals surface area (Å²) in [6.07, 6.45) is 1.62. The lowest BCUT2D eigenvalue weighted by atomic mass is 10.1. The summed E-state index contributed by atoms with van der Waals surface area (Å²) in [6, 6.07) is 9.84. The van der Waals surface area contributed by atoms with Crippen molar-refractivity contribution in [3.8, 4) is 28.1 Å². The summed E-state index contributed by atoms with van der Waals surface area (Å²) in [4.78, 5) is 29.8. The molecule has 13 heteroatoms. The van der Waals surface area contributed by atoms with Crippen molar-refractivity contribution in [2.75, 3.05) is 32.2 Å². The molecule has 0 aliphatic carbocycles. The minimum atomic E-state index is -0.728. The number of hydrogen-bond acceptors (Lipinski definition) is 11. The molecule has 0 aliphatic rings. The molecule has 5 aromatic rings. The van der Waals surface area contributed by atoms with E-state index in [1.54, 1.807) is 25.3 Å². The molecule has 212 valence electrons. The van der Waals surface area contributed by atoms with Crippen LogP contribution in [0, 0.1) is 12.7 Å². The zero-order valence-corrected chi connectivity index (χ0v) is 23.2. The van der Waals surface area contributed by atoms with E-state index in [9.17, 15) is 9.18 Å². The Labute approximate surface area is 237 Å². The number of pyridine rings is 1. The van der Waals surface area contributed by atoms with Crippen LogP contribution in [0.5, 0.6) is 17.5 Å². The summed E-state index contributed by atoms with van der Waals surface area (Å²) >= 11 is 1.38. The second-order valence-electron chi connectivity index (χ2n) is 8.97. The van der Waals surface area contributed by atoms with Gasteiger partial charge in [-0.3, -0.25) is 5.32 Å². The Morgan fingerprint density at radius 1 is 1.12 bits per heavy atom. The highest BCUT2D eigenvalue weighted by atomic mass is 32.1. The molecule has 3 aromatic heterocycles. The zero-order chi connectivity index (χ0) is 28.9. The summed E-state index contributed by atoms with van der Waals surface area (Å²) < 4.78 is 37.1. The predicted octanol–water partition coefficient (Wildman–Crippen LogP) is 5.14. The highest BCUT2D eigenvalue weighted by molar-refractivity contribution is 7.21. The number of nitrogens with zero attached hydrogens (tertiary/aromatic N) is 4. The number of aliphatic hydroxyl groups is 1. The first-order valence-electron chi connectivity index (χ1n) is 12.5. The Hall–Kier alpha value is -4.62. The largest absolute Gasteiger partial charge is 0.484 e. The Kier molecular flexibility index (Phi) is 8.36. The summed E-state index contributed by atoms with van der Waals surface area (Å²) in [5.74, 6) is 0.0849. The first-order chi connectivity index (χ1) is 19.8. The summed E-state index contributed by atoms with van der Waals surface area (Å²) in [6.45, 7) is 3.40. The number of halogens is 1. The van der Waals surface area contributed by atoms with E-state index in [0.29, 0.717) is 33.1 Å². The molecule has 0 radical (unpaired) electrons. The second kappa shape index (κ2) is 12.3. The van der Waals surface area contributed by atoms with Crippen LogP contribution >= 0.6 is 11.3 Å². The molecule has 0 saturated carbocycles. The Bertz CT molecular complexity index is 1720. The van der Waals surface area contributed by atoms with Crippen molar-refractivity contribution < 1.29 is 33.2 Å². The van der Waals surface area contributed by atoms with Gasteiger partial charge >= 0.3 is 6.09 Å². The number of rotatable bonds is 10. The fraction of sp³-hybridized carbons (Fsp3) is 0.250. The second-order valence-corrected chi connectivity index (χ2v) is 10.00. The predicted molar refractivity (Wildman–Crippen MR) is 151 cm³/mol. The van der Waals surface area contributed by atoms with E-state index < -0.39 is 18.0 Å². The highest BCUT2D eigenvalue weighted by Gasteiger charge is 2.18. The first-order valence-corrected chi connectivity index (χ1v) is 13.4. The van der Waals surface area contributed by atoms with Gasteiger partial charge in [-0.05, 0) is 37.6 Å². The van der Waals surface area contributed by atoms with Crippen molar-refractivity contribution in [2.24, 2.45) is 0 Å². The standard InChI is InChI=1S/C28H26FN5O6S/c1-15-8-18(26-21(9-15)33-25(37-3)13-31-26)27-34-20-11-19(29)22(12-23(20)41-27)40-16(2)14-39-28(36)32-17-4-5-30-24(10-17)38-7-6-35/h4-5,8-13,16,35H,6-7,14H2,1-3H3,(H,30,32,36). The monoisotopic (exact) mass is 579 g/mol. The van der Waals surface area contributed by atoms with Gasteiger partial charge < -0.3 is 24.1 Å². The molecule has 0 fully saturated rings. The number of aliphatic hydroxyl groups excluding tert-OH is 1. The number of nitrogens with one attached hydrogen (secondary N) is 1. The van der Waals surface area contributed by atoms with Gasteiger partial charge in [0.05, 0.1) is 46.9 Å². The summed E-state index contributed by atoms with van der Waals surface area (Å²) in [5.41, 5.74) is 3.97. The maximum atomic E-state index is 15.0. The van der Waals surface area contributed by atoms with Crippen LogP contribution in [0.3, 0.4) is 0 Å². The van der Waals surface area contributed by atoms with E-state index in [4.69, 9.17) is 24.1 Å². The number of amides is 1. The SMILES string of the molecule is COc1cnc2c(-c3nc4cc(F)c(OC(C)COC(=O)Nc5ccnc(OCCO)c5)cc4s3)cc(C)cc2n1. The maximum absolute atomic E-state index is 15.0. The van der Waals surface area contributed by atoms with Crippen LogP contribution in [0.25, 0.3) is 31.8 Å². The number of aryl methyl sites for hydroxylation is 1. The highest BCUT2D eigenvalue weighted by Crippen LogP contribution is 2.37. The lowest BCUT2D eigenvalue weighted by Gasteiger charge is -2.16. The molecule has 41 heavy (non-hydrogen) atoms. The molecule has 11 nitrogen and oxygen atoms in total. The number of benzene rings is 2. The van der Waals surface area contributed by atoms with Gasteiger partial charge in [0.2, 0.25) is 11.8 Å². The lowest BCUT2D eigenvalue weighted by Crippen LogP contribution is -2.24. The number of thiazole rings is 1. The third kappa shape index (κ3) is 6.58. The Balaban J connectivity index is 1.27. The van der Waals surface area contributed by atoms with Gasteiger partial charge in [-0.15, -0.1) is 11.3 Å². The first kappa shape index (κ1) is 27.9. The molecular weight excluding hydrogens is 553 g/mol. The fourth-order valence-corrected chi connectivity index (χ4v) is 4.95. The van der Waals surface area contributed by atoms with Gasteiger partial charge in [0.1, 0.15) is 24.3 Å². The van der Waals surface area contributed by atoms with Crippen LogP contribution < -0.4 is 19.5 Å². The van der Waals surface area contributed by atoms with E-state index in [2.05, 4.69) is 25.3 Å². The molecular formula is C28H26FN5O6S. The summed E-state index contributed by atoms with van der Waals surface area (Å²) in [7, 11) is 1.53. The van der Waals surface area contributed by atoms with Gasteiger partial charge in [0.15, 0.2) is 11.6 Å². The normalized spacial score (nSPS) is 11.8. The smallest absolute Gasteiger partial charge is 0.411 e. The van der Waals surface area contributed by atoms with Crippen molar-refractivity contribution in [1.82, 2.24) is 19.9 Å². The molecule has 3 heterocycles. The average molecular weight is 580 g/mol. The molecule has 1 unspecified atom stereocenters. The third-order valence-electron chi connectivity index (χ3n) is 5.75. The van der Waals surface area contributed by atoms with Gasteiger partial charge in [0.25, 0.3) is 0 Å². The van der Waals surface area contributed by atoms with Gasteiger partial charge in [-0.25, -0.2) is 29.1 Å². The molecule has 0 spiro atoms. The molecule has 0 bridgehead atoms. The van der Waals surface area contributed by atoms with Gasteiger partial charge in [-0.2, -0.15) is 0 Å². The van der Waals surface area contributed by atoms with Crippen LogP contribution in [0.4, 0.5) is 14.9 Å². The molecule has 2 aromatic carbocycles. The number of hydrogen-bond donors (Lipinski definition) is 2. The van der Waals surface area contributed by atoms with E-state index in [-0.39, 0.29) is 31.5 Å². The minimum Gasteiger partial charge on any atom is -0.484 e. The van der Waals surface area contributed by atoms with E-state index in [1.165, 1.54) is 36.8 Å². The number of methoxy groups -OCH3 is 1. The van der Waals surface area contributed by atoms with Crippen LogP contribution in [0.15, 0.2) is 48.8 Å². The van der Waals surface area contributed by atoms with Crippen molar-refractivity contribution >= 4 is 44.4 Å². The van der Waals surface area contributed by atoms with Crippen molar-refractivity contribution in [3.63, 3.8) is 0 Å². The van der Waals surface area contributed by atoms with Crippen LogP contribution in [-0.2, 0) is 4.74 Å². The topological polar surface area (TPSA) is 138 Å². The van der Waals surface area contributed by atoms with Crippen LogP contribution in [0.1, 0.15) is 12.5 Å². The van der Waals surface area contributed by atoms with Crippen LogP contribution in [-0.4, -0.2) is 64.2 Å². The number of fused-ring (bicyclic) bond motifs is 2. The molecule has 1 amide bonds. The average Bonchev–Trinajstić information content (AvgIpc) is 3.37. The summed E-state index contributed by atoms with van der Waals surface area (Å²) in [5, 5.41) is 12.1. The van der Waals surface area contributed by atoms with Crippen LogP contribution in [0.2, 0.25) is 0 Å². The fourth-order valence-electron chi connectivity index (χ4n) is 3.96. The van der Waals surface area contributed by atoms with Crippen molar-refractivity contribution in [3.05, 3.63) is 60.2 Å². The van der Waals surface area contributed by atoms with Gasteiger partial charge in [-0.1, -0.05) is 0 Å². The third-order valence-corrected chi connectivity index (χ3v) is 6.80. The number of carbonyl (C=O) groups is 1. The quantitative estimate of drug-likeness (QED) is 0.229. The van der Waals surface area contributed by atoms with E-state index in [0.717, 1.165) is 15.8 Å². The molecule has 2 N–H and O–H groups in total. The maximum Gasteiger partial charge on any atom is 0.411 e. The zero-order valence-electron chi connectivity index (χ0n) is 22.4. The number of carbonyl (C=O) groups excluding carboxylic acids is 1. The minimum absolute atomic E-state index is 0.0163. The van der Waals surface area contributed by atoms with Crippen molar-refractivity contribution in [1.29, 1.82) is 0 Å². The Morgan fingerprint density at radius 3 is 2.78 bits per heavy atom. The van der Waals surface area contributed by atoms with Crippen molar-refractivity contribution in [2.45, 2.75) is 20.0 Å². The van der Waals surface area contributed by atoms with E-state index >= 15 is 0 Å². The van der Waals surface area contributed by atoms with Gasteiger partial charge in [0, 0.05) is 30.0 Å². The number of ether oxygens (including phenoxy) is 4. The lowest BCUT2D eigenvalue weighted by molar-refractivity contribution is 0.0969. The molecule has 1 atom stereocenters. The number of anilines is 1. The van der Waals surface area contributed by atoms with E-state index in [1.807, 2.05) is 19.1 Å². The number of aromatic nitrogens is 4. The molecule has 5 rings (SSSR count). The Morgan fingerprint density at radius 2 is 1.98 bits per heavy atom. The molecule has 0 saturated heterocycles. The molecule has 0 aliphatic heterocycles.